The van der Waals surface area contributed by atoms with Crippen LogP contribution in [0.15, 0.2) is 53.4 Å². The number of fused-ring (bicyclic) bond motifs is 8. The minimum Gasteiger partial charge on any atom is -0.354 e. The van der Waals surface area contributed by atoms with Gasteiger partial charge in [0.2, 0.25) is 17.5 Å². The fraction of sp³-hybridized carbons (Fsp3) is 0.0222. The van der Waals surface area contributed by atoms with E-state index in [9.17, 15) is 39.5 Å². The molecule has 3 aromatic heterocycles. The van der Waals surface area contributed by atoms with Crippen LogP contribution in [0.3, 0.4) is 0 Å². The second kappa shape index (κ2) is 15.8. The van der Waals surface area contributed by atoms with Gasteiger partial charge in [-0.15, -0.1) is 11.8 Å². The van der Waals surface area contributed by atoms with Crippen LogP contribution in [0.5, 0.6) is 0 Å². The number of hydrogen-bond donors (Lipinski definition) is 2. The van der Waals surface area contributed by atoms with Crippen LogP contribution < -0.4 is 0 Å². The van der Waals surface area contributed by atoms with E-state index in [4.69, 9.17) is 0 Å². The summed E-state index contributed by atoms with van der Waals surface area (Å²) in [6, 6.07) is 10.6. The van der Waals surface area contributed by atoms with Crippen molar-refractivity contribution in [3.05, 3.63) is 159 Å². The van der Waals surface area contributed by atoms with Gasteiger partial charge in [-0.1, -0.05) is 12.1 Å². The maximum atomic E-state index is 15.8. The summed E-state index contributed by atoms with van der Waals surface area (Å²) in [5, 5.41) is 0. The quantitative estimate of drug-likeness (QED) is 0.0782. The first-order valence-corrected chi connectivity index (χ1v) is 19.5. The Morgan fingerprint density at radius 3 is 0.831 bits per heavy atom. The molecule has 328 valence electrons. The third-order valence-electron chi connectivity index (χ3n) is 10.5. The highest BCUT2D eigenvalue weighted by atomic mass is 32.2. The van der Waals surface area contributed by atoms with Crippen molar-refractivity contribution in [3.63, 3.8) is 0 Å². The predicted molar refractivity (Wildman–Crippen MR) is 212 cm³/mol. The first kappa shape index (κ1) is 43.1. The van der Waals surface area contributed by atoms with Gasteiger partial charge in [0, 0.05) is 49.2 Å². The van der Waals surface area contributed by atoms with Crippen molar-refractivity contribution in [2.75, 3.05) is 6.26 Å². The number of rotatable bonds is 5. The smallest absolute Gasteiger partial charge is 0.200 e. The summed E-state index contributed by atoms with van der Waals surface area (Å²) in [5.41, 5.74) is -11.3. The number of H-pyrrole nitrogens is 2. The Hall–Kier alpha value is -7.22. The third kappa shape index (κ3) is 6.59. The SMILES string of the molecule is CSc1ccc(-c2c3nc(c(-c4c(F)c(F)c(F)c(F)c4F)c4ccc([nH]4)c(-c4c(F)c(F)c(F)c(F)c4F)c4nc(c(-c5c(F)c(F)c(F)c(F)c5F)c5ccc2[nH]5)C=C4)C=C3)cc1. The van der Waals surface area contributed by atoms with E-state index in [0.717, 1.165) is 41.3 Å². The molecule has 2 N–H and O–H groups in total. The van der Waals surface area contributed by atoms with Crippen molar-refractivity contribution in [1.29, 1.82) is 0 Å². The van der Waals surface area contributed by atoms with Crippen LogP contribution >= 0.6 is 11.8 Å². The van der Waals surface area contributed by atoms with Crippen LogP contribution in [0.1, 0.15) is 22.8 Å². The molecule has 0 saturated heterocycles. The Balaban J connectivity index is 1.56. The van der Waals surface area contributed by atoms with Crippen LogP contribution in [0.4, 0.5) is 65.9 Å². The van der Waals surface area contributed by atoms with E-state index >= 15 is 26.3 Å². The first-order chi connectivity index (χ1) is 30.9. The molecule has 0 saturated carbocycles. The van der Waals surface area contributed by atoms with Gasteiger partial charge in [0.25, 0.3) is 0 Å². The Morgan fingerprint density at radius 1 is 0.308 bits per heavy atom. The fourth-order valence-electron chi connectivity index (χ4n) is 7.53. The number of thioether (sulfide) groups is 1. The number of halogens is 15. The minimum atomic E-state index is -2.61. The van der Waals surface area contributed by atoms with Gasteiger partial charge in [-0.3, -0.25) is 0 Å². The summed E-state index contributed by atoms with van der Waals surface area (Å²) in [6.07, 6.45) is 5.73. The molecule has 20 heteroatoms. The Bertz CT molecular complexity index is 3330. The maximum absolute atomic E-state index is 15.8. The van der Waals surface area contributed by atoms with Crippen molar-refractivity contribution >= 4 is 58.1 Å². The Labute approximate surface area is 357 Å². The van der Waals surface area contributed by atoms with Gasteiger partial charge in [0.15, 0.2) is 69.8 Å². The predicted octanol–water partition coefficient (Wildman–Crippen LogP) is 14.1. The molecule has 2 aliphatic rings. The topological polar surface area (TPSA) is 57.4 Å². The molecule has 5 heterocycles. The van der Waals surface area contributed by atoms with Gasteiger partial charge < -0.3 is 9.97 Å². The number of aromatic nitrogens is 4. The first-order valence-electron chi connectivity index (χ1n) is 18.3. The fourth-order valence-corrected chi connectivity index (χ4v) is 7.94. The van der Waals surface area contributed by atoms with E-state index in [2.05, 4.69) is 19.9 Å². The van der Waals surface area contributed by atoms with E-state index < -0.39 is 154 Å². The molecule has 0 aliphatic carbocycles. The Kier molecular flexibility index (Phi) is 10.5. The zero-order valence-electron chi connectivity index (χ0n) is 31.9. The molecular weight excluding hydrogens is 914 g/mol. The number of benzene rings is 4. The third-order valence-corrected chi connectivity index (χ3v) is 11.3. The summed E-state index contributed by atoms with van der Waals surface area (Å²) in [6.45, 7) is 0. The zero-order chi connectivity index (χ0) is 46.5. The summed E-state index contributed by atoms with van der Waals surface area (Å²) in [7, 11) is 0. The molecular formula is C45H17F15N4S. The van der Waals surface area contributed by atoms with Gasteiger partial charge >= 0.3 is 0 Å². The lowest BCUT2D eigenvalue weighted by Gasteiger charge is -2.11. The molecule has 0 unspecified atom stereocenters. The van der Waals surface area contributed by atoms with Crippen molar-refractivity contribution in [2.45, 2.75) is 4.90 Å². The summed E-state index contributed by atoms with van der Waals surface area (Å²) >= 11 is 1.34. The van der Waals surface area contributed by atoms with E-state index in [1.807, 2.05) is 0 Å². The number of aromatic amines is 2. The lowest BCUT2D eigenvalue weighted by molar-refractivity contribution is 0.381. The molecule has 0 fully saturated rings. The molecule has 0 atom stereocenters. The Morgan fingerprint density at radius 2 is 0.554 bits per heavy atom. The van der Waals surface area contributed by atoms with Gasteiger partial charge in [-0.25, -0.2) is 75.8 Å². The summed E-state index contributed by atoms with van der Waals surface area (Å²) in [4.78, 5) is 14.7. The van der Waals surface area contributed by atoms with E-state index in [0.29, 0.717) is 5.56 Å². The molecule has 0 amide bonds. The standard InChI is InChI=1S/C45H17F15N4S/c1-65-15-4-2-14(3-5-15)24-16-6-8-18(61-16)25(28-31(46)37(52)43(58)38(53)32(28)47)20-10-12-22(63-20)27(30-35(50)41(56)45(60)42(57)36(30)51)23-13-11-21(64-23)26(19-9-7-17(24)62-19)29-33(48)39(54)44(59)40(55)34(29)49/h2-13,61,64H,1H3. The minimum absolute atomic E-state index is 0.0320. The van der Waals surface area contributed by atoms with Gasteiger partial charge in [-0.2, -0.15) is 0 Å². The molecule has 2 aliphatic heterocycles. The number of nitrogens with one attached hydrogen (secondary N) is 2. The molecule has 65 heavy (non-hydrogen) atoms. The largest absolute Gasteiger partial charge is 0.354 e. The van der Waals surface area contributed by atoms with Gasteiger partial charge in [0.1, 0.15) is 0 Å². The van der Waals surface area contributed by atoms with Crippen molar-refractivity contribution < 1.29 is 65.9 Å². The van der Waals surface area contributed by atoms with E-state index in [-0.39, 0.29) is 16.8 Å². The molecule has 4 aromatic carbocycles. The van der Waals surface area contributed by atoms with E-state index in [1.165, 1.54) is 23.9 Å². The second-order valence-corrected chi connectivity index (χ2v) is 14.9. The molecule has 7 aromatic rings. The molecule has 4 nitrogen and oxygen atoms in total. The van der Waals surface area contributed by atoms with Crippen LogP contribution in [-0.4, -0.2) is 26.2 Å². The van der Waals surface area contributed by atoms with Gasteiger partial charge in [0.05, 0.1) is 39.5 Å². The molecule has 9 rings (SSSR count). The summed E-state index contributed by atoms with van der Waals surface area (Å²) in [5.74, 6) is -36.6. The lowest BCUT2D eigenvalue weighted by atomic mass is 10.0. The van der Waals surface area contributed by atoms with E-state index in [1.54, 1.807) is 30.5 Å². The highest BCUT2D eigenvalue weighted by Gasteiger charge is 2.33. The normalized spacial score (nSPS) is 12.2. The number of nitrogens with zero attached hydrogens (tertiary/aromatic N) is 2. The van der Waals surface area contributed by atoms with Crippen LogP contribution in [0.2, 0.25) is 0 Å². The van der Waals surface area contributed by atoms with Crippen LogP contribution in [-0.2, 0) is 0 Å². The zero-order valence-corrected chi connectivity index (χ0v) is 32.7. The van der Waals surface area contributed by atoms with Crippen molar-refractivity contribution in [1.82, 2.24) is 19.9 Å². The second-order valence-electron chi connectivity index (χ2n) is 14.1. The highest BCUT2D eigenvalue weighted by molar-refractivity contribution is 7.98. The number of hydrogen-bond acceptors (Lipinski definition) is 3. The van der Waals surface area contributed by atoms with Crippen molar-refractivity contribution in [2.24, 2.45) is 0 Å². The molecule has 0 spiro atoms. The highest BCUT2D eigenvalue weighted by Crippen LogP contribution is 2.43. The molecule has 0 radical (unpaired) electrons. The lowest BCUT2D eigenvalue weighted by Crippen LogP contribution is -2.06. The van der Waals surface area contributed by atoms with Crippen molar-refractivity contribution in [3.8, 4) is 44.5 Å². The van der Waals surface area contributed by atoms with Crippen LogP contribution in [0.25, 0.3) is 90.9 Å². The average molecular weight is 931 g/mol. The molecule has 8 bridgehead atoms. The maximum Gasteiger partial charge on any atom is 0.200 e. The summed E-state index contributed by atoms with van der Waals surface area (Å²) < 4.78 is 228. The van der Waals surface area contributed by atoms with Gasteiger partial charge in [-0.05, 0) is 72.5 Å². The average Bonchev–Trinajstić information content (AvgIpc) is 4.16. The monoisotopic (exact) mass is 930 g/mol. The van der Waals surface area contributed by atoms with Crippen LogP contribution in [0, 0.1) is 87.3 Å².